The number of H-pyrrole nitrogens is 1. The van der Waals surface area contributed by atoms with Crippen LogP contribution in [0.1, 0.15) is 0 Å². The van der Waals surface area contributed by atoms with Gasteiger partial charge in [-0.15, -0.1) is 0 Å². The Kier molecular flexibility index (Phi) is 5.38. The van der Waals surface area contributed by atoms with E-state index < -0.39 is 0 Å². The van der Waals surface area contributed by atoms with E-state index in [9.17, 15) is 4.79 Å². The van der Waals surface area contributed by atoms with Crippen molar-refractivity contribution >= 4 is 17.3 Å². The van der Waals surface area contributed by atoms with E-state index in [1.54, 1.807) is 18.3 Å². The van der Waals surface area contributed by atoms with Crippen molar-refractivity contribution in [2.45, 2.75) is 0 Å². The molecular weight excluding hydrogens is 154 g/mol. The van der Waals surface area contributed by atoms with Gasteiger partial charge in [0.2, 0.25) is 11.3 Å². The van der Waals surface area contributed by atoms with Gasteiger partial charge in [0.15, 0.2) is 0 Å². The second kappa shape index (κ2) is 6.04. The summed E-state index contributed by atoms with van der Waals surface area (Å²) >= 11 is 4.32. The summed E-state index contributed by atoms with van der Waals surface area (Å²) in [6.07, 6.45) is 1.60. The minimum atomic E-state index is -0.0532. The van der Waals surface area contributed by atoms with Crippen molar-refractivity contribution in [2.75, 3.05) is 0 Å². The summed E-state index contributed by atoms with van der Waals surface area (Å²) in [7, 11) is 0. The van der Waals surface area contributed by atoms with E-state index in [1.165, 1.54) is 6.07 Å². The van der Waals surface area contributed by atoms with E-state index in [0.717, 1.165) is 0 Å². The predicted octanol–water partition coefficient (Wildman–Crippen LogP) is 0.790. The number of aromatic amines is 1. The van der Waals surface area contributed by atoms with Crippen LogP contribution in [0.25, 0.3) is 0 Å². The van der Waals surface area contributed by atoms with Gasteiger partial charge in [-0.1, -0.05) is 6.07 Å². The lowest BCUT2D eigenvalue weighted by molar-refractivity contribution is 0.569. The van der Waals surface area contributed by atoms with Gasteiger partial charge in [0.1, 0.15) is 0 Å². The van der Waals surface area contributed by atoms with Gasteiger partial charge in [-0.2, -0.15) is 0 Å². The topological polar surface area (TPSA) is 49.9 Å². The highest BCUT2D eigenvalue weighted by molar-refractivity contribution is 6.54. The van der Waals surface area contributed by atoms with Crippen LogP contribution in [0.15, 0.2) is 29.2 Å². The van der Waals surface area contributed by atoms with Crippen molar-refractivity contribution in [2.24, 2.45) is 0 Å². The third-order valence-corrected chi connectivity index (χ3v) is 0.681. The van der Waals surface area contributed by atoms with E-state index in [1.807, 2.05) is 0 Å². The molecule has 0 radical (unpaired) electrons. The molecule has 0 saturated heterocycles. The lowest BCUT2D eigenvalue weighted by Gasteiger charge is -1.73. The first-order valence-electron chi connectivity index (χ1n) is 2.49. The third kappa shape index (κ3) is 5.05. The Balaban J connectivity index is 0.000000236. The number of aromatic nitrogens is 1. The SMILES string of the molecule is O=CCl.O=c1cccc[nH]1. The molecule has 0 spiro atoms. The molecule has 0 aliphatic carbocycles. The van der Waals surface area contributed by atoms with E-state index in [4.69, 9.17) is 4.79 Å². The lowest BCUT2D eigenvalue weighted by atomic mass is 10.5. The summed E-state index contributed by atoms with van der Waals surface area (Å²) in [5, 5.41) is 0. The zero-order valence-electron chi connectivity index (χ0n) is 5.08. The minimum absolute atomic E-state index is 0.0532. The molecule has 0 unspecified atom stereocenters. The van der Waals surface area contributed by atoms with Crippen LogP contribution in [0.5, 0.6) is 0 Å². The number of carbonyl (C=O) groups excluding carboxylic acids is 1. The zero-order valence-corrected chi connectivity index (χ0v) is 5.84. The van der Waals surface area contributed by atoms with Gasteiger partial charge in [0.05, 0.1) is 0 Å². The summed E-state index contributed by atoms with van der Waals surface area (Å²) in [4.78, 5) is 21.3. The smallest absolute Gasteiger partial charge is 0.247 e. The fraction of sp³-hybridized carbons (Fsp3) is 0. The van der Waals surface area contributed by atoms with Gasteiger partial charge in [-0.05, 0) is 17.7 Å². The second-order valence-electron chi connectivity index (χ2n) is 1.32. The minimum Gasteiger partial charge on any atom is -0.329 e. The molecular formula is C6H6ClNO2. The molecule has 0 amide bonds. The number of rotatable bonds is 0. The summed E-state index contributed by atoms with van der Waals surface area (Å²) < 4.78 is 0. The van der Waals surface area contributed by atoms with Crippen molar-refractivity contribution < 1.29 is 4.79 Å². The lowest BCUT2D eigenvalue weighted by Crippen LogP contribution is -1.98. The van der Waals surface area contributed by atoms with E-state index in [0.29, 0.717) is 0 Å². The number of halogens is 1. The second-order valence-corrected chi connectivity index (χ2v) is 1.49. The van der Waals surface area contributed by atoms with Crippen LogP contribution in [0.3, 0.4) is 0 Å². The maximum absolute atomic E-state index is 10.2. The standard InChI is InChI=1S/C5H5NO.CHClO/c7-5-3-1-2-4-6-5;2-1-3/h1-4H,(H,6,7);1H. The molecule has 0 bridgehead atoms. The molecule has 0 aliphatic rings. The Morgan fingerprint density at radius 3 is 2.30 bits per heavy atom. The molecule has 54 valence electrons. The van der Waals surface area contributed by atoms with Gasteiger partial charge >= 0.3 is 0 Å². The first kappa shape index (κ1) is 8.91. The van der Waals surface area contributed by atoms with Gasteiger partial charge in [0, 0.05) is 12.3 Å². The number of pyridine rings is 1. The Morgan fingerprint density at radius 1 is 1.50 bits per heavy atom. The maximum Gasteiger partial charge on any atom is 0.247 e. The van der Waals surface area contributed by atoms with Crippen molar-refractivity contribution in [1.29, 1.82) is 0 Å². The number of hydrogen-bond acceptors (Lipinski definition) is 2. The van der Waals surface area contributed by atoms with Crippen LogP contribution in [0.4, 0.5) is 0 Å². The highest BCUT2D eigenvalue weighted by Gasteiger charge is 1.69. The number of carbonyl (C=O) groups is 1. The summed E-state index contributed by atoms with van der Waals surface area (Å²) in [6.45, 7) is 0. The third-order valence-electron chi connectivity index (χ3n) is 0.681. The Labute approximate surface area is 62.6 Å². The Morgan fingerprint density at radius 2 is 2.10 bits per heavy atom. The summed E-state index contributed by atoms with van der Waals surface area (Å²) in [6, 6.07) is 4.93. The van der Waals surface area contributed by atoms with E-state index >= 15 is 0 Å². The molecule has 4 heteroatoms. The molecule has 3 nitrogen and oxygen atoms in total. The summed E-state index contributed by atoms with van der Waals surface area (Å²) in [5.41, 5.74) is -0.0532. The highest BCUT2D eigenvalue weighted by atomic mass is 35.5. The summed E-state index contributed by atoms with van der Waals surface area (Å²) in [5.74, 6) is 0.222. The fourth-order valence-corrected chi connectivity index (χ4v) is 0.377. The Bertz CT molecular complexity index is 216. The molecule has 0 aromatic carbocycles. The quantitative estimate of drug-likeness (QED) is 0.450. The van der Waals surface area contributed by atoms with Crippen LogP contribution >= 0.6 is 11.6 Å². The molecule has 0 atom stereocenters. The van der Waals surface area contributed by atoms with Crippen molar-refractivity contribution in [3.63, 3.8) is 0 Å². The van der Waals surface area contributed by atoms with Crippen molar-refractivity contribution in [3.05, 3.63) is 34.7 Å². The first-order valence-corrected chi connectivity index (χ1v) is 2.92. The fourth-order valence-electron chi connectivity index (χ4n) is 0.377. The molecule has 1 heterocycles. The van der Waals surface area contributed by atoms with Crippen LogP contribution < -0.4 is 5.56 Å². The van der Waals surface area contributed by atoms with Crippen molar-refractivity contribution in [3.8, 4) is 0 Å². The maximum atomic E-state index is 10.2. The van der Waals surface area contributed by atoms with Crippen LogP contribution in [-0.2, 0) is 4.79 Å². The molecule has 10 heavy (non-hydrogen) atoms. The molecule has 1 rings (SSSR count). The van der Waals surface area contributed by atoms with E-state index in [2.05, 4.69) is 16.6 Å². The predicted molar refractivity (Wildman–Crippen MR) is 39.7 cm³/mol. The van der Waals surface area contributed by atoms with Crippen LogP contribution in [-0.4, -0.2) is 10.7 Å². The normalized spacial score (nSPS) is 7.30. The molecule has 1 aromatic rings. The Hall–Kier alpha value is -1.09. The average Bonchev–Trinajstić information content (AvgIpc) is 1.91. The van der Waals surface area contributed by atoms with Gasteiger partial charge in [-0.25, -0.2) is 0 Å². The molecule has 0 saturated carbocycles. The van der Waals surface area contributed by atoms with E-state index in [-0.39, 0.29) is 11.3 Å². The highest BCUT2D eigenvalue weighted by Crippen LogP contribution is 1.67. The van der Waals surface area contributed by atoms with Gasteiger partial charge in [0.25, 0.3) is 0 Å². The zero-order chi connectivity index (χ0) is 7.82. The molecule has 0 fully saturated rings. The van der Waals surface area contributed by atoms with Crippen LogP contribution in [0.2, 0.25) is 0 Å². The van der Waals surface area contributed by atoms with Gasteiger partial charge in [-0.3, -0.25) is 9.59 Å². The number of nitrogens with one attached hydrogen (secondary N) is 1. The monoisotopic (exact) mass is 159 g/mol. The number of hydrogen-bond donors (Lipinski definition) is 1. The first-order chi connectivity index (χ1) is 4.81. The molecule has 1 N–H and O–H groups in total. The molecule has 0 aliphatic heterocycles. The molecule has 1 aromatic heterocycles. The van der Waals surface area contributed by atoms with Crippen molar-refractivity contribution in [1.82, 2.24) is 4.98 Å². The average molecular weight is 160 g/mol. The largest absolute Gasteiger partial charge is 0.329 e. The van der Waals surface area contributed by atoms with Crippen LogP contribution in [0, 0.1) is 0 Å². The van der Waals surface area contributed by atoms with Gasteiger partial charge < -0.3 is 4.98 Å².